The molecule has 0 aliphatic heterocycles. The van der Waals surface area contributed by atoms with Gasteiger partial charge < -0.3 is 10.3 Å². The van der Waals surface area contributed by atoms with Crippen LogP contribution in [0.1, 0.15) is 44.0 Å². The summed E-state index contributed by atoms with van der Waals surface area (Å²) in [5.41, 5.74) is 0.448. The van der Waals surface area contributed by atoms with Gasteiger partial charge in [0.2, 0.25) is 0 Å². The number of hydrogen-bond donors (Lipinski definition) is 3. The summed E-state index contributed by atoms with van der Waals surface area (Å²) in [6.45, 7) is 4.17. The molecule has 0 unspecified atom stereocenters. The Bertz CT molecular complexity index is 1300. The molecule has 32 heavy (non-hydrogen) atoms. The number of para-hydroxylation sites is 1. The molecule has 3 N–H and O–H groups in total. The Morgan fingerprint density at radius 3 is 2.72 bits per heavy atom. The van der Waals surface area contributed by atoms with E-state index in [2.05, 4.69) is 26.9 Å². The molecule has 0 amide bonds. The van der Waals surface area contributed by atoms with Crippen molar-refractivity contribution in [2.45, 2.75) is 57.0 Å². The molecule has 7 nitrogen and oxygen atoms in total. The summed E-state index contributed by atoms with van der Waals surface area (Å²) < 4.78 is 43.2. The van der Waals surface area contributed by atoms with Gasteiger partial charge in [-0.15, -0.1) is 0 Å². The molecule has 1 fully saturated rings. The highest BCUT2D eigenvalue weighted by molar-refractivity contribution is 7.92. The van der Waals surface area contributed by atoms with E-state index in [1.165, 1.54) is 26.2 Å². The molecule has 4 rings (SSSR count). The average molecular weight is 459 g/mol. The Labute approximate surface area is 186 Å². The summed E-state index contributed by atoms with van der Waals surface area (Å²) in [5, 5.41) is 3.35. The number of halogens is 1. The molecular formula is C23H27FN4O3S. The van der Waals surface area contributed by atoms with Gasteiger partial charge in [-0.25, -0.2) is 17.8 Å². The van der Waals surface area contributed by atoms with Gasteiger partial charge in [-0.3, -0.25) is 9.52 Å². The van der Waals surface area contributed by atoms with E-state index in [1.807, 2.05) is 12.1 Å². The Kier molecular flexibility index (Phi) is 6.30. The summed E-state index contributed by atoms with van der Waals surface area (Å²) in [4.78, 5) is 18.3. The number of nitrogens with zero attached hydrogens (tertiary/aromatic N) is 1. The van der Waals surface area contributed by atoms with Gasteiger partial charge in [-0.05, 0) is 49.9 Å². The molecule has 0 saturated heterocycles. The molecule has 1 atom stereocenters. The van der Waals surface area contributed by atoms with Crippen molar-refractivity contribution in [2.24, 2.45) is 5.92 Å². The van der Waals surface area contributed by atoms with E-state index in [1.54, 1.807) is 12.1 Å². The van der Waals surface area contributed by atoms with Gasteiger partial charge >= 0.3 is 0 Å². The number of sulfonamides is 1. The van der Waals surface area contributed by atoms with E-state index in [-0.39, 0.29) is 21.6 Å². The van der Waals surface area contributed by atoms with Gasteiger partial charge in [-0.1, -0.05) is 37.5 Å². The van der Waals surface area contributed by atoms with Gasteiger partial charge in [0.15, 0.2) is 5.82 Å². The molecular weight excluding hydrogens is 431 g/mol. The van der Waals surface area contributed by atoms with Crippen molar-refractivity contribution in [3.05, 3.63) is 64.0 Å². The second-order valence-electron chi connectivity index (χ2n) is 8.53. The standard InChI is InChI=1S/C23H27FN4O3S/c1-14(10-16-6-5-7-16)25-13-17-8-3-4-9-21(17)28-32(30,31)18-11-19-22(20(24)12-18)26-15(2)27-23(19)29/h3-4,8-9,11-12,14,16,25,28H,5-7,10,13H2,1-2H3,(H,26,27,29)/t14-/m0/s1. The van der Waals surface area contributed by atoms with Gasteiger partial charge in [0.25, 0.3) is 15.6 Å². The minimum atomic E-state index is -4.13. The van der Waals surface area contributed by atoms with Crippen molar-refractivity contribution >= 4 is 26.6 Å². The zero-order chi connectivity index (χ0) is 22.9. The van der Waals surface area contributed by atoms with Crippen molar-refractivity contribution in [3.63, 3.8) is 0 Å². The van der Waals surface area contributed by atoms with Crippen LogP contribution in [-0.4, -0.2) is 24.4 Å². The zero-order valence-electron chi connectivity index (χ0n) is 18.1. The first-order valence-electron chi connectivity index (χ1n) is 10.8. The van der Waals surface area contributed by atoms with Gasteiger partial charge in [0.1, 0.15) is 11.3 Å². The Morgan fingerprint density at radius 2 is 2.00 bits per heavy atom. The number of aromatic nitrogens is 2. The number of benzene rings is 2. The smallest absolute Gasteiger partial charge is 0.262 e. The number of aryl methyl sites for hydroxylation is 1. The molecule has 0 radical (unpaired) electrons. The topological polar surface area (TPSA) is 104 Å². The van der Waals surface area contributed by atoms with Crippen molar-refractivity contribution in [1.29, 1.82) is 0 Å². The van der Waals surface area contributed by atoms with Crippen molar-refractivity contribution in [2.75, 3.05) is 4.72 Å². The van der Waals surface area contributed by atoms with E-state index >= 15 is 0 Å². The van der Waals surface area contributed by atoms with Crippen molar-refractivity contribution < 1.29 is 12.8 Å². The fourth-order valence-electron chi connectivity index (χ4n) is 4.02. The van der Waals surface area contributed by atoms with Crippen LogP contribution in [-0.2, 0) is 16.6 Å². The van der Waals surface area contributed by atoms with Gasteiger partial charge in [-0.2, -0.15) is 0 Å². The lowest BCUT2D eigenvalue weighted by Gasteiger charge is -2.28. The van der Waals surface area contributed by atoms with Gasteiger partial charge in [0.05, 0.1) is 16.0 Å². The first-order chi connectivity index (χ1) is 15.2. The minimum absolute atomic E-state index is 0.115. The number of hydrogen-bond acceptors (Lipinski definition) is 5. The van der Waals surface area contributed by atoms with Crippen LogP contribution in [0, 0.1) is 18.7 Å². The zero-order valence-corrected chi connectivity index (χ0v) is 18.9. The molecule has 3 aromatic rings. The third-order valence-electron chi connectivity index (χ3n) is 5.98. The first kappa shape index (κ1) is 22.4. The second kappa shape index (κ2) is 8.99. The Hall–Kier alpha value is -2.78. The maximum absolute atomic E-state index is 14.6. The first-order valence-corrected chi connectivity index (χ1v) is 12.3. The third kappa shape index (κ3) is 4.83. The largest absolute Gasteiger partial charge is 0.310 e. The van der Waals surface area contributed by atoms with Gasteiger partial charge in [0, 0.05) is 12.6 Å². The average Bonchev–Trinajstić information content (AvgIpc) is 2.70. The van der Waals surface area contributed by atoms with E-state index in [4.69, 9.17) is 0 Å². The molecule has 1 aliphatic rings. The number of rotatable bonds is 8. The summed E-state index contributed by atoms with van der Waals surface area (Å²) in [6.07, 6.45) is 4.97. The minimum Gasteiger partial charge on any atom is -0.310 e. The van der Waals surface area contributed by atoms with Crippen LogP contribution in [0.5, 0.6) is 0 Å². The monoisotopic (exact) mass is 458 g/mol. The molecule has 1 aromatic heterocycles. The van der Waals surface area contributed by atoms with Crippen molar-refractivity contribution in [3.8, 4) is 0 Å². The molecule has 0 bridgehead atoms. The predicted octanol–water partition coefficient (Wildman–Crippen LogP) is 3.84. The van der Waals surface area contributed by atoms with Crippen LogP contribution in [0.4, 0.5) is 10.1 Å². The lowest BCUT2D eigenvalue weighted by atomic mass is 9.81. The normalized spacial score (nSPS) is 15.5. The molecule has 1 heterocycles. The summed E-state index contributed by atoms with van der Waals surface area (Å²) in [5.74, 6) is 0.162. The Morgan fingerprint density at radius 1 is 1.25 bits per heavy atom. The SMILES string of the molecule is Cc1nc2c(F)cc(S(=O)(=O)Nc3ccccc3CN[C@@H](C)CC3CCC3)cc2c(=O)[nH]1. The fourth-order valence-corrected chi connectivity index (χ4v) is 5.16. The summed E-state index contributed by atoms with van der Waals surface area (Å²) >= 11 is 0. The maximum atomic E-state index is 14.6. The van der Waals surface area contributed by atoms with E-state index in [0.717, 1.165) is 30.0 Å². The summed E-state index contributed by atoms with van der Waals surface area (Å²) in [6, 6.07) is 9.44. The highest BCUT2D eigenvalue weighted by atomic mass is 32.2. The van der Waals surface area contributed by atoms with E-state index in [9.17, 15) is 17.6 Å². The molecule has 0 spiro atoms. The maximum Gasteiger partial charge on any atom is 0.262 e. The van der Waals surface area contributed by atoms with E-state index < -0.39 is 21.4 Å². The van der Waals surface area contributed by atoms with E-state index in [0.29, 0.717) is 18.3 Å². The molecule has 170 valence electrons. The molecule has 1 saturated carbocycles. The van der Waals surface area contributed by atoms with Crippen LogP contribution >= 0.6 is 0 Å². The van der Waals surface area contributed by atoms with Crippen LogP contribution in [0.15, 0.2) is 46.1 Å². The van der Waals surface area contributed by atoms with Crippen LogP contribution in [0.2, 0.25) is 0 Å². The molecule has 9 heteroatoms. The third-order valence-corrected chi connectivity index (χ3v) is 7.33. The van der Waals surface area contributed by atoms with Crippen molar-refractivity contribution in [1.82, 2.24) is 15.3 Å². The number of anilines is 1. The quantitative estimate of drug-likeness (QED) is 0.476. The van der Waals surface area contributed by atoms with Crippen LogP contribution in [0.3, 0.4) is 0 Å². The highest BCUT2D eigenvalue weighted by Gasteiger charge is 2.22. The summed E-state index contributed by atoms with van der Waals surface area (Å²) in [7, 11) is -4.13. The fraction of sp³-hybridized carbons (Fsp3) is 0.391. The number of H-pyrrole nitrogens is 1. The number of fused-ring (bicyclic) bond motifs is 1. The number of aromatic amines is 1. The van der Waals surface area contributed by atoms with Crippen LogP contribution < -0.4 is 15.6 Å². The molecule has 2 aromatic carbocycles. The lowest BCUT2D eigenvalue weighted by molar-refractivity contribution is 0.265. The van der Waals surface area contributed by atoms with Crippen LogP contribution in [0.25, 0.3) is 10.9 Å². The Balaban J connectivity index is 1.57. The highest BCUT2D eigenvalue weighted by Crippen LogP contribution is 2.30. The number of nitrogens with one attached hydrogen (secondary N) is 3. The molecule has 1 aliphatic carbocycles. The second-order valence-corrected chi connectivity index (χ2v) is 10.2. The predicted molar refractivity (Wildman–Crippen MR) is 123 cm³/mol. The lowest BCUT2D eigenvalue weighted by Crippen LogP contribution is -2.30.